The van der Waals surface area contributed by atoms with Crippen LogP contribution >= 0.6 is 11.6 Å². The second-order valence-electron chi connectivity index (χ2n) is 3.81. The molecule has 0 aromatic carbocycles. The summed E-state index contributed by atoms with van der Waals surface area (Å²) in [5, 5.41) is 0.456. The maximum atomic E-state index is 10.9. The van der Waals surface area contributed by atoms with Crippen molar-refractivity contribution in [1.82, 2.24) is 14.5 Å². The van der Waals surface area contributed by atoms with E-state index in [-0.39, 0.29) is 0 Å². The molecule has 2 heterocycles. The number of pyridine rings is 1. The molecule has 0 aliphatic rings. The lowest BCUT2D eigenvalue weighted by Crippen LogP contribution is -1.99. The van der Waals surface area contributed by atoms with E-state index < -0.39 is 5.97 Å². The van der Waals surface area contributed by atoms with Crippen LogP contribution in [0.2, 0.25) is 5.15 Å². The van der Waals surface area contributed by atoms with Gasteiger partial charge in [0, 0.05) is 18.5 Å². The van der Waals surface area contributed by atoms with Crippen molar-refractivity contribution >= 4 is 23.6 Å². The maximum Gasteiger partial charge on any atom is 0.330 e. The van der Waals surface area contributed by atoms with Crippen LogP contribution in [0.1, 0.15) is 11.3 Å². The fraction of sp³-hybridized carbons (Fsp3) is 0.154. The first-order valence-electron chi connectivity index (χ1n) is 5.55. The van der Waals surface area contributed by atoms with Crippen molar-refractivity contribution in [3.63, 3.8) is 0 Å². The fourth-order valence-corrected chi connectivity index (χ4v) is 1.64. The summed E-state index contributed by atoms with van der Waals surface area (Å²) in [5.41, 5.74) is 1.71. The van der Waals surface area contributed by atoms with Gasteiger partial charge in [0.05, 0.1) is 25.7 Å². The molecule has 0 bridgehead atoms. The van der Waals surface area contributed by atoms with Crippen molar-refractivity contribution in [2.75, 3.05) is 7.11 Å². The molecule has 0 N–H and O–H groups in total. The van der Waals surface area contributed by atoms with Gasteiger partial charge in [0.25, 0.3) is 0 Å². The molecule has 5 nitrogen and oxygen atoms in total. The van der Waals surface area contributed by atoms with Gasteiger partial charge < -0.3 is 9.30 Å². The summed E-state index contributed by atoms with van der Waals surface area (Å²) in [6.45, 7) is 0.598. The van der Waals surface area contributed by atoms with E-state index in [1.54, 1.807) is 24.8 Å². The Kier molecular flexibility index (Phi) is 4.30. The molecule has 2 rings (SSSR count). The lowest BCUT2D eigenvalue weighted by atomic mass is 10.2. The second-order valence-corrected chi connectivity index (χ2v) is 4.20. The second kappa shape index (κ2) is 6.15. The molecule has 98 valence electrons. The minimum atomic E-state index is -0.392. The van der Waals surface area contributed by atoms with Crippen LogP contribution in [0, 0.1) is 0 Å². The first kappa shape index (κ1) is 13.3. The minimum Gasteiger partial charge on any atom is -0.466 e. The Bertz CT molecular complexity index is 590. The van der Waals surface area contributed by atoms with E-state index in [4.69, 9.17) is 11.6 Å². The molecule has 0 saturated heterocycles. The SMILES string of the molecule is COC(=O)/C=C/c1ccc(Cn2cnc(Cl)c2)nc1. The first-order chi connectivity index (χ1) is 9.17. The molecule has 0 amide bonds. The van der Waals surface area contributed by atoms with Crippen molar-refractivity contribution < 1.29 is 9.53 Å². The summed E-state index contributed by atoms with van der Waals surface area (Å²) in [6.07, 6.45) is 8.07. The summed E-state index contributed by atoms with van der Waals surface area (Å²) in [6, 6.07) is 3.76. The number of esters is 1. The Morgan fingerprint density at radius 1 is 1.47 bits per heavy atom. The predicted molar refractivity (Wildman–Crippen MR) is 71.6 cm³/mol. The largest absolute Gasteiger partial charge is 0.466 e. The van der Waals surface area contributed by atoms with E-state index in [9.17, 15) is 4.79 Å². The molecule has 0 saturated carbocycles. The highest BCUT2D eigenvalue weighted by molar-refractivity contribution is 6.29. The summed E-state index contributed by atoms with van der Waals surface area (Å²) in [7, 11) is 1.34. The average Bonchev–Trinajstić information content (AvgIpc) is 2.83. The van der Waals surface area contributed by atoms with Crippen molar-refractivity contribution in [1.29, 1.82) is 0 Å². The van der Waals surface area contributed by atoms with Gasteiger partial charge in [-0.25, -0.2) is 9.78 Å². The smallest absolute Gasteiger partial charge is 0.330 e. The highest BCUT2D eigenvalue weighted by Gasteiger charge is 1.99. The van der Waals surface area contributed by atoms with Gasteiger partial charge in [-0.15, -0.1) is 0 Å². The normalized spacial score (nSPS) is 10.8. The molecule has 0 spiro atoms. The van der Waals surface area contributed by atoms with E-state index in [2.05, 4.69) is 14.7 Å². The predicted octanol–water partition coefficient (Wildman–Crippen LogP) is 2.17. The van der Waals surface area contributed by atoms with E-state index in [1.807, 2.05) is 16.7 Å². The molecule has 0 unspecified atom stereocenters. The number of carbonyl (C=O) groups is 1. The highest BCUT2D eigenvalue weighted by Crippen LogP contribution is 2.07. The van der Waals surface area contributed by atoms with Crippen LogP contribution in [-0.4, -0.2) is 27.6 Å². The summed E-state index contributed by atoms with van der Waals surface area (Å²) < 4.78 is 6.35. The number of hydrogen-bond donors (Lipinski definition) is 0. The standard InChI is InChI=1S/C13H12ClN3O2/c1-19-13(18)5-3-10-2-4-11(15-6-10)7-17-8-12(14)16-9-17/h2-6,8-9H,7H2,1H3/b5-3+. The van der Waals surface area contributed by atoms with Crippen molar-refractivity contribution in [2.45, 2.75) is 6.54 Å². The zero-order valence-electron chi connectivity index (χ0n) is 10.3. The van der Waals surface area contributed by atoms with Gasteiger partial charge in [0.1, 0.15) is 5.15 Å². The maximum absolute atomic E-state index is 10.9. The van der Waals surface area contributed by atoms with Gasteiger partial charge in [-0.1, -0.05) is 17.7 Å². The van der Waals surface area contributed by atoms with Crippen LogP contribution in [0.25, 0.3) is 6.08 Å². The molecule has 0 fully saturated rings. The Hall–Kier alpha value is -2.14. The van der Waals surface area contributed by atoms with Gasteiger partial charge >= 0.3 is 5.97 Å². The van der Waals surface area contributed by atoms with Crippen molar-refractivity contribution in [3.8, 4) is 0 Å². The van der Waals surface area contributed by atoms with E-state index in [1.165, 1.54) is 13.2 Å². The molecular formula is C13H12ClN3O2. The first-order valence-corrected chi connectivity index (χ1v) is 5.93. The Balaban J connectivity index is 2.02. The van der Waals surface area contributed by atoms with Gasteiger partial charge in [-0.2, -0.15) is 0 Å². The molecule has 19 heavy (non-hydrogen) atoms. The van der Waals surface area contributed by atoms with E-state index >= 15 is 0 Å². The highest BCUT2D eigenvalue weighted by atomic mass is 35.5. The number of nitrogens with zero attached hydrogens (tertiary/aromatic N) is 3. The van der Waals surface area contributed by atoms with Crippen LogP contribution < -0.4 is 0 Å². The lowest BCUT2D eigenvalue weighted by Gasteiger charge is -2.01. The summed E-state index contributed by atoms with van der Waals surface area (Å²) >= 11 is 5.73. The third-order valence-corrected chi connectivity index (χ3v) is 2.60. The molecule has 0 atom stereocenters. The van der Waals surface area contributed by atoms with Gasteiger partial charge in [0.2, 0.25) is 0 Å². The molecule has 0 radical (unpaired) electrons. The van der Waals surface area contributed by atoms with Crippen LogP contribution in [0.3, 0.4) is 0 Å². The number of imidazole rings is 1. The fourth-order valence-electron chi connectivity index (χ4n) is 1.47. The summed E-state index contributed by atoms with van der Waals surface area (Å²) in [5.74, 6) is -0.392. The molecule has 6 heteroatoms. The number of methoxy groups -OCH3 is 1. The third-order valence-electron chi connectivity index (χ3n) is 2.41. The van der Waals surface area contributed by atoms with Gasteiger partial charge in [0.15, 0.2) is 0 Å². The lowest BCUT2D eigenvalue weighted by molar-refractivity contribution is -0.134. The topological polar surface area (TPSA) is 57.0 Å². The number of ether oxygens (including phenoxy) is 1. The van der Waals surface area contributed by atoms with Gasteiger partial charge in [-0.05, 0) is 17.7 Å². The number of carbonyl (C=O) groups excluding carboxylic acids is 1. The molecule has 0 aliphatic carbocycles. The quantitative estimate of drug-likeness (QED) is 0.635. The number of hydrogen-bond acceptors (Lipinski definition) is 4. The number of halogens is 1. The van der Waals surface area contributed by atoms with Crippen LogP contribution in [0.4, 0.5) is 0 Å². The number of aromatic nitrogens is 3. The Morgan fingerprint density at radius 3 is 2.89 bits per heavy atom. The van der Waals surface area contributed by atoms with Crippen LogP contribution in [0.15, 0.2) is 36.9 Å². The molecule has 2 aromatic heterocycles. The van der Waals surface area contributed by atoms with Crippen molar-refractivity contribution in [3.05, 3.63) is 53.3 Å². The minimum absolute atomic E-state index is 0.392. The van der Waals surface area contributed by atoms with Crippen molar-refractivity contribution in [2.24, 2.45) is 0 Å². The van der Waals surface area contributed by atoms with E-state index in [0.29, 0.717) is 11.7 Å². The van der Waals surface area contributed by atoms with Crippen LogP contribution in [-0.2, 0) is 16.1 Å². The molecule has 2 aromatic rings. The zero-order valence-corrected chi connectivity index (χ0v) is 11.0. The molecular weight excluding hydrogens is 266 g/mol. The monoisotopic (exact) mass is 277 g/mol. The summed E-state index contributed by atoms with van der Waals surface area (Å²) in [4.78, 5) is 19.2. The number of rotatable bonds is 4. The Morgan fingerprint density at radius 2 is 2.32 bits per heavy atom. The third kappa shape index (κ3) is 3.93. The van der Waals surface area contributed by atoms with E-state index in [0.717, 1.165) is 11.3 Å². The van der Waals surface area contributed by atoms with Crippen LogP contribution in [0.5, 0.6) is 0 Å². The Labute approximate surface area is 115 Å². The zero-order chi connectivity index (χ0) is 13.7. The van der Waals surface area contributed by atoms with Gasteiger partial charge in [-0.3, -0.25) is 4.98 Å². The molecule has 0 aliphatic heterocycles. The average molecular weight is 278 g/mol.